The fraction of sp³-hybridized carbons (Fsp3) is 0. The van der Waals surface area contributed by atoms with Crippen LogP contribution >= 0.6 is 11.6 Å². The molecule has 0 aliphatic carbocycles. The maximum Gasteiger partial charge on any atom is 0.356 e. The molecule has 2 rings (SSSR count). The molecule has 1 aromatic heterocycles. The van der Waals surface area contributed by atoms with Gasteiger partial charge >= 0.3 is 5.97 Å². The number of pyridine rings is 1. The van der Waals surface area contributed by atoms with Gasteiger partial charge in [0.1, 0.15) is 11.6 Å². The van der Waals surface area contributed by atoms with E-state index in [4.69, 9.17) is 16.7 Å². The minimum atomic E-state index is -1.37. The third-order valence-electron chi connectivity index (χ3n) is 2.51. The Morgan fingerprint density at radius 3 is 2.62 bits per heavy atom. The molecule has 1 amide bonds. The third kappa shape index (κ3) is 3.14. The number of carboxylic acid groups (broad SMARTS) is 1. The van der Waals surface area contributed by atoms with Crippen molar-refractivity contribution < 1.29 is 23.5 Å². The van der Waals surface area contributed by atoms with Crippen LogP contribution in [0.4, 0.5) is 14.5 Å². The molecule has 0 aliphatic rings. The Morgan fingerprint density at radius 1 is 1.24 bits per heavy atom. The molecular formula is C13H7ClF2N2O3. The summed E-state index contributed by atoms with van der Waals surface area (Å²) in [5.41, 5.74) is -1.15. The van der Waals surface area contributed by atoms with E-state index < -0.39 is 39.8 Å². The molecule has 2 aromatic rings. The lowest BCUT2D eigenvalue weighted by Crippen LogP contribution is -2.17. The predicted molar refractivity (Wildman–Crippen MR) is 70.5 cm³/mol. The number of carbonyl (C=O) groups is 2. The number of rotatable bonds is 3. The summed E-state index contributed by atoms with van der Waals surface area (Å²) in [6, 6.07) is 3.95. The molecule has 0 bridgehead atoms. The number of nitrogens with one attached hydrogen (secondary N) is 1. The molecule has 0 fully saturated rings. The van der Waals surface area contributed by atoms with E-state index in [2.05, 4.69) is 10.3 Å². The molecule has 5 nitrogen and oxygen atoms in total. The molecule has 21 heavy (non-hydrogen) atoms. The zero-order chi connectivity index (χ0) is 15.6. The summed E-state index contributed by atoms with van der Waals surface area (Å²) >= 11 is 5.38. The van der Waals surface area contributed by atoms with Crippen LogP contribution < -0.4 is 5.32 Å². The predicted octanol–water partition coefficient (Wildman–Crippen LogP) is 2.96. The second kappa shape index (κ2) is 5.84. The van der Waals surface area contributed by atoms with E-state index in [9.17, 15) is 18.4 Å². The quantitative estimate of drug-likeness (QED) is 0.854. The molecule has 1 aromatic carbocycles. The van der Waals surface area contributed by atoms with Crippen molar-refractivity contribution in [3.8, 4) is 0 Å². The van der Waals surface area contributed by atoms with Gasteiger partial charge in [-0.1, -0.05) is 11.6 Å². The highest BCUT2D eigenvalue weighted by Gasteiger charge is 2.18. The number of nitrogens with zero attached hydrogens (tertiary/aromatic N) is 1. The molecule has 0 unspecified atom stereocenters. The van der Waals surface area contributed by atoms with Crippen molar-refractivity contribution in [2.45, 2.75) is 0 Å². The first kappa shape index (κ1) is 14.9. The zero-order valence-corrected chi connectivity index (χ0v) is 11.0. The molecule has 8 heteroatoms. The number of aromatic carboxylic acids is 1. The largest absolute Gasteiger partial charge is 0.476 e. The van der Waals surface area contributed by atoms with E-state index >= 15 is 0 Å². The average molecular weight is 313 g/mol. The van der Waals surface area contributed by atoms with Crippen LogP contribution in [0.3, 0.4) is 0 Å². The van der Waals surface area contributed by atoms with Crippen molar-refractivity contribution in [3.63, 3.8) is 0 Å². The number of carbonyl (C=O) groups excluding carboxylic acids is 1. The molecule has 108 valence electrons. The van der Waals surface area contributed by atoms with Crippen molar-refractivity contribution in [2.75, 3.05) is 5.32 Å². The van der Waals surface area contributed by atoms with Gasteiger partial charge in [0.15, 0.2) is 5.69 Å². The number of carboxylic acids is 1. The van der Waals surface area contributed by atoms with Gasteiger partial charge in [0.2, 0.25) is 0 Å². The first-order valence-corrected chi connectivity index (χ1v) is 5.92. The fourth-order valence-electron chi connectivity index (χ4n) is 1.56. The highest BCUT2D eigenvalue weighted by molar-refractivity contribution is 6.30. The van der Waals surface area contributed by atoms with Crippen LogP contribution in [0.2, 0.25) is 5.02 Å². The van der Waals surface area contributed by atoms with Crippen molar-refractivity contribution in [1.82, 2.24) is 4.98 Å². The Labute approximate surface area is 122 Å². The van der Waals surface area contributed by atoms with Crippen LogP contribution in [0.15, 0.2) is 30.5 Å². The highest BCUT2D eigenvalue weighted by atomic mass is 35.5. The smallest absolute Gasteiger partial charge is 0.356 e. The van der Waals surface area contributed by atoms with Gasteiger partial charge in [-0.15, -0.1) is 0 Å². The number of halogens is 3. The van der Waals surface area contributed by atoms with Crippen LogP contribution in [0.5, 0.6) is 0 Å². The summed E-state index contributed by atoms with van der Waals surface area (Å²) in [6.07, 6.45) is 1.22. The summed E-state index contributed by atoms with van der Waals surface area (Å²) in [5.74, 6) is -4.38. The van der Waals surface area contributed by atoms with Crippen LogP contribution in [-0.4, -0.2) is 22.0 Å². The van der Waals surface area contributed by atoms with Gasteiger partial charge in [-0.05, 0) is 24.3 Å². The topological polar surface area (TPSA) is 79.3 Å². The van der Waals surface area contributed by atoms with Crippen molar-refractivity contribution >= 4 is 29.2 Å². The molecule has 0 atom stereocenters. The van der Waals surface area contributed by atoms with Gasteiger partial charge in [-0.25, -0.2) is 18.6 Å². The summed E-state index contributed by atoms with van der Waals surface area (Å²) in [7, 11) is 0. The Hall–Kier alpha value is -2.54. The molecule has 2 N–H and O–H groups in total. The third-order valence-corrected chi connectivity index (χ3v) is 2.80. The van der Waals surface area contributed by atoms with Crippen LogP contribution in [0.1, 0.15) is 20.8 Å². The molecule has 0 saturated carbocycles. The number of benzene rings is 1. The fourth-order valence-corrected chi connectivity index (χ4v) is 1.71. The standard InChI is InChI=1S/C13H7ClF2N2O3/c14-7-5-8(15)6(4-9(7)16)12(19)18-10-2-1-3-17-11(10)13(20)21/h1-5H,(H,18,19)(H,20,21). The lowest BCUT2D eigenvalue weighted by Gasteiger charge is -2.08. The molecule has 0 aliphatic heterocycles. The van der Waals surface area contributed by atoms with E-state index in [1.54, 1.807) is 0 Å². The Bertz CT molecular complexity index is 737. The molecular weight excluding hydrogens is 306 g/mol. The number of anilines is 1. The number of amides is 1. The zero-order valence-electron chi connectivity index (χ0n) is 10.2. The maximum absolute atomic E-state index is 13.6. The molecule has 0 spiro atoms. The normalized spacial score (nSPS) is 10.2. The molecule has 1 heterocycles. The van der Waals surface area contributed by atoms with Gasteiger partial charge in [-0.3, -0.25) is 4.79 Å². The van der Waals surface area contributed by atoms with Gasteiger partial charge in [0, 0.05) is 6.20 Å². The van der Waals surface area contributed by atoms with E-state index in [0.29, 0.717) is 12.1 Å². The van der Waals surface area contributed by atoms with Gasteiger partial charge in [0.05, 0.1) is 16.3 Å². The SMILES string of the molecule is O=C(Nc1cccnc1C(=O)O)c1cc(F)c(Cl)cc1F. The van der Waals surface area contributed by atoms with Gasteiger partial charge < -0.3 is 10.4 Å². The Kier molecular flexibility index (Phi) is 4.13. The van der Waals surface area contributed by atoms with E-state index in [1.165, 1.54) is 18.3 Å². The van der Waals surface area contributed by atoms with Gasteiger partial charge in [-0.2, -0.15) is 0 Å². The molecule has 0 saturated heterocycles. The lowest BCUT2D eigenvalue weighted by molar-refractivity contribution is 0.0691. The summed E-state index contributed by atoms with van der Waals surface area (Å²) in [5, 5.41) is 10.6. The Balaban J connectivity index is 2.35. The number of hydrogen-bond donors (Lipinski definition) is 2. The second-order valence-electron chi connectivity index (χ2n) is 3.91. The van der Waals surface area contributed by atoms with Crippen LogP contribution in [-0.2, 0) is 0 Å². The minimum Gasteiger partial charge on any atom is -0.476 e. The maximum atomic E-state index is 13.6. The van der Waals surface area contributed by atoms with Crippen molar-refractivity contribution in [3.05, 3.63) is 58.4 Å². The first-order chi connectivity index (χ1) is 9.90. The van der Waals surface area contributed by atoms with Crippen LogP contribution in [0.25, 0.3) is 0 Å². The van der Waals surface area contributed by atoms with E-state index in [0.717, 1.165) is 0 Å². The average Bonchev–Trinajstić information content (AvgIpc) is 2.43. The van der Waals surface area contributed by atoms with E-state index in [-0.39, 0.29) is 5.69 Å². The Morgan fingerprint density at radius 2 is 1.95 bits per heavy atom. The summed E-state index contributed by atoms with van der Waals surface area (Å²) < 4.78 is 26.9. The molecule has 0 radical (unpaired) electrons. The minimum absolute atomic E-state index is 0.134. The van der Waals surface area contributed by atoms with Crippen molar-refractivity contribution in [1.29, 1.82) is 0 Å². The summed E-state index contributed by atoms with van der Waals surface area (Å²) in [6.45, 7) is 0. The first-order valence-electron chi connectivity index (χ1n) is 5.54. The van der Waals surface area contributed by atoms with Gasteiger partial charge in [0.25, 0.3) is 5.91 Å². The monoisotopic (exact) mass is 312 g/mol. The van der Waals surface area contributed by atoms with Crippen LogP contribution in [0, 0.1) is 11.6 Å². The lowest BCUT2D eigenvalue weighted by atomic mass is 10.2. The number of aromatic nitrogens is 1. The van der Waals surface area contributed by atoms with E-state index in [1.807, 2.05) is 0 Å². The van der Waals surface area contributed by atoms with Crippen molar-refractivity contribution in [2.24, 2.45) is 0 Å². The number of hydrogen-bond acceptors (Lipinski definition) is 3. The second-order valence-corrected chi connectivity index (χ2v) is 4.31. The highest BCUT2D eigenvalue weighted by Crippen LogP contribution is 2.21. The summed E-state index contributed by atoms with van der Waals surface area (Å²) in [4.78, 5) is 26.4.